The molecule has 3 rings (SSSR count). The summed E-state index contributed by atoms with van der Waals surface area (Å²) in [6.07, 6.45) is 7.88. The van der Waals surface area contributed by atoms with Crippen molar-refractivity contribution >= 4 is 10.8 Å². The summed E-state index contributed by atoms with van der Waals surface area (Å²) < 4.78 is 0. The third-order valence-corrected chi connectivity index (χ3v) is 3.33. The molecule has 0 heterocycles. The Labute approximate surface area is 89.9 Å². The van der Waals surface area contributed by atoms with Gasteiger partial charge in [-0.25, -0.2) is 0 Å². The molecule has 0 amide bonds. The van der Waals surface area contributed by atoms with Crippen LogP contribution in [0.2, 0.25) is 0 Å². The Morgan fingerprint density at radius 2 is 1.73 bits per heavy atom. The molecule has 0 unspecified atom stereocenters. The normalized spacial score (nSPS) is 17.3. The van der Waals surface area contributed by atoms with E-state index < -0.39 is 0 Å². The van der Waals surface area contributed by atoms with E-state index >= 15 is 0 Å². The number of hydrogen-bond acceptors (Lipinski definition) is 0. The molecular formula is C15H12. The summed E-state index contributed by atoms with van der Waals surface area (Å²) in [6.45, 7) is 0. The minimum absolute atomic E-state index is 0.0596. The topological polar surface area (TPSA) is 0 Å². The summed E-state index contributed by atoms with van der Waals surface area (Å²) >= 11 is 0. The van der Waals surface area contributed by atoms with Gasteiger partial charge in [-0.1, -0.05) is 42.3 Å². The van der Waals surface area contributed by atoms with Gasteiger partial charge in [-0.2, -0.15) is 0 Å². The molecule has 0 aliphatic heterocycles. The molecule has 2 aromatic rings. The van der Waals surface area contributed by atoms with Crippen LogP contribution < -0.4 is 0 Å². The van der Waals surface area contributed by atoms with Crippen molar-refractivity contribution in [1.29, 1.82) is 0 Å². The Kier molecular flexibility index (Phi) is 1.64. The third-order valence-electron chi connectivity index (χ3n) is 3.33. The predicted molar refractivity (Wildman–Crippen MR) is 63.7 cm³/mol. The van der Waals surface area contributed by atoms with E-state index in [-0.39, 0.29) is 5.41 Å². The maximum Gasteiger partial charge on any atom is 0.0561 e. The molecule has 0 saturated heterocycles. The van der Waals surface area contributed by atoms with E-state index in [4.69, 9.17) is 6.42 Å². The zero-order valence-electron chi connectivity index (χ0n) is 8.53. The Balaban J connectivity index is 2.19. The average Bonchev–Trinajstić information content (AvgIpc) is 3.09. The molecule has 0 radical (unpaired) electrons. The van der Waals surface area contributed by atoms with Gasteiger partial charge in [0.15, 0.2) is 0 Å². The highest BCUT2D eigenvalue weighted by Crippen LogP contribution is 2.47. The first-order chi connectivity index (χ1) is 7.34. The minimum Gasteiger partial charge on any atom is -0.119 e. The monoisotopic (exact) mass is 192 g/mol. The van der Waals surface area contributed by atoms with Gasteiger partial charge >= 0.3 is 0 Å². The molecule has 1 fully saturated rings. The first-order valence-electron chi connectivity index (χ1n) is 5.31. The lowest BCUT2D eigenvalue weighted by atomic mass is 9.94. The van der Waals surface area contributed by atoms with E-state index in [0.29, 0.717) is 0 Å². The molecule has 72 valence electrons. The largest absolute Gasteiger partial charge is 0.119 e. The summed E-state index contributed by atoms with van der Waals surface area (Å²) in [5.74, 6) is 2.93. The van der Waals surface area contributed by atoms with E-state index in [1.54, 1.807) is 0 Å². The van der Waals surface area contributed by atoms with Gasteiger partial charge in [-0.3, -0.25) is 0 Å². The lowest BCUT2D eigenvalue weighted by Gasteiger charge is -2.08. The molecule has 0 bridgehead atoms. The van der Waals surface area contributed by atoms with E-state index in [0.717, 1.165) is 12.8 Å². The fourth-order valence-electron chi connectivity index (χ4n) is 2.13. The van der Waals surface area contributed by atoms with Crippen molar-refractivity contribution in [3.63, 3.8) is 0 Å². The zero-order valence-corrected chi connectivity index (χ0v) is 8.53. The van der Waals surface area contributed by atoms with Crippen molar-refractivity contribution in [3.8, 4) is 12.3 Å². The molecule has 0 heteroatoms. The second-order valence-electron chi connectivity index (χ2n) is 4.29. The number of fused-ring (bicyclic) bond motifs is 1. The van der Waals surface area contributed by atoms with Gasteiger partial charge in [0.05, 0.1) is 5.41 Å². The molecule has 15 heavy (non-hydrogen) atoms. The van der Waals surface area contributed by atoms with Crippen LogP contribution in [0.3, 0.4) is 0 Å². The fourth-order valence-corrected chi connectivity index (χ4v) is 2.13. The highest BCUT2D eigenvalue weighted by molar-refractivity contribution is 5.83. The second-order valence-corrected chi connectivity index (χ2v) is 4.29. The van der Waals surface area contributed by atoms with E-state index in [1.807, 2.05) is 0 Å². The van der Waals surface area contributed by atoms with Gasteiger partial charge in [0.1, 0.15) is 0 Å². The van der Waals surface area contributed by atoms with Crippen LogP contribution in [0.25, 0.3) is 10.8 Å². The molecule has 1 saturated carbocycles. The smallest absolute Gasteiger partial charge is 0.0561 e. The average molecular weight is 192 g/mol. The van der Waals surface area contributed by atoms with Gasteiger partial charge in [0.2, 0.25) is 0 Å². The van der Waals surface area contributed by atoms with Crippen molar-refractivity contribution in [2.24, 2.45) is 0 Å². The van der Waals surface area contributed by atoms with Crippen molar-refractivity contribution in [2.75, 3.05) is 0 Å². The summed E-state index contributed by atoms with van der Waals surface area (Å²) in [6, 6.07) is 15.0. The van der Waals surface area contributed by atoms with Crippen molar-refractivity contribution in [3.05, 3.63) is 48.0 Å². The predicted octanol–water partition coefficient (Wildman–Crippen LogP) is 3.50. The number of rotatable bonds is 1. The van der Waals surface area contributed by atoms with Gasteiger partial charge in [0, 0.05) is 0 Å². The van der Waals surface area contributed by atoms with Crippen LogP contribution >= 0.6 is 0 Å². The van der Waals surface area contributed by atoms with Gasteiger partial charge < -0.3 is 0 Å². The summed E-state index contributed by atoms with van der Waals surface area (Å²) in [5, 5.41) is 2.57. The second kappa shape index (κ2) is 2.87. The Bertz CT molecular complexity index is 554. The van der Waals surface area contributed by atoms with Crippen LogP contribution in [0, 0.1) is 12.3 Å². The molecular weight excluding hydrogens is 180 g/mol. The molecule has 0 aromatic heterocycles. The highest BCUT2D eigenvalue weighted by Gasteiger charge is 2.42. The Morgan fingerprint density at radius 1 is 1.00 bits per heavy atom. The van der Waals surface area contributed by atoms with Gasteiger partial charge in [-0.15, -0.1) is 6.42 Å². The van der Waals surface area contributed by atoms with Crippen molar-refractivity contribution in [2.45, 2.75) is 18.3 Å². The molecule has 0 atom stereocenters. The SMILES string of the molecule is C#CC1(c2ccc3ccccc3c2)CC1. The number of benzene rings is 2. The lowest BCUT2D eigenvalue weighted by molar-refractivity contribution is 0.934. The first-order valence-corrected chi connectivity index (χ1v) is 5.31. The zero-order chi connectivity index (χ0) is 10.3. The minimum atomic E-state index is 0.0596. The maximum absolute atomic E-state index is 5.59. The number of hydrogen-bond donors (Lipinski definition) is 0. The summed E-state index contributed by atoms with van der Waals surface area (Å²) in [4.78, 5) is 0. The molecule has 0 spiro atoms. The van der Waals surface area contributed by atoms with Crippen LogP contribution in [-0.4, -0.2) is 0 Å². The Hall–Kier alpha value is -1.74. The van der Waals surface area contributed by atoms with Crippen LogP contribution in [0.1, 0.15) is 18.4 Å². The van der Waals surface area contributed by atoms with E-state index in [2.05, 4.69) is 48.4 Å². The summed E-state index contributed by atoms with van der Waals surface area (Å²) in [5.41, 5.74) is 1.37. The highest BCUT2D eigenvalue weighted by atomic mass is 14.4. The third kappa shape index (κ3) is 1.24. The first kappa shape index (κ1) is 8.56. The van der Waals surface area contributed by atoms with Gasteiger partial charge in [-0.05, 0) is 35.2 Å². The molecule has 0 nitrogen and oxygen atoms in total. The van der Waals surface area contributed by atoms with Crippen LogP contribution in [0.15, 0.2) is 42.5 Å². The maximum atomic E-state index is 5.59. The molecule has 1 aliphatic carbocycles. The van der Waals surface area contributed by atoms with Crippen LogP contribution in [0.4, 0.5) is 0 Å². The number of terminal acetylenes is 1. The van der Waals surface area contributed by atoms with E-state index in [1.165, 1.54) is 16.3 Å². The van der Waals surface area contributed by atoms with Crippen molar-refractivity contribution in [1.82, 2.24) is 0 Å². The van der Waals surface area contributed by atoms with Crippen LogP contribution in [0.5, 0.6) is 0 Å². The van der Waals surface area contributed by atoms with Crippen LogP contribution in [-0.2, 0) is 5.41 Å². The summed E-state index contributed by atoms with van der Waals surface area (Å²) in [7, 11) is 0. The Morgan fingerprint density at radius 3 is 2.40 bits per heavy atom. The lowest BCUT2D eigenvalue weighted by Crippen LogP contribution is -2.01. The van der Waals surface area contributed by atoms with Gasteiger partial charge in [0.25, 0.3) is 0 Å². The fraction of sp³-hybridized carbons (Fsp3) is 0.200. The molecule has 1 aliphatic rings. The molecule has 2 aromatic carbocycles. The quantitative estimate of drug-likeness (QED) is 0.606. The van der Waals surface area contributed by atoms with E-state index in [9.17, 15) is 0 Å². The molecule has 0 N–H and O–H groups in total. The van der Waals surface area contributed by atoms with Crippen molar-refractivity contribution < 1.29 is 0 Å². The standard InChI is InChI=1S/C15H12/c1-2-15(9-10-15)14-8-7-12-5-3-4-6-13(12)11-14/h1,3-8,11H,9-10H2.